The van der Waals surface area contributed by atoms with Gasteiger partial charge in [0.1, 0.15) is 0 Å². The van der Waals surface area contributed by atoms with Crippen molar-refractivity contribution in [3.63, 3.8) is 0 Å². The van der Waals surface area contributed by atoms with Crippen molar-refractivity contribution in [3.8, 4) is 22.4 Å². The summed E-state index contributed by atoms with van der Waals surface area (Å²) in [5.41, 5.74) is 7.38. The highest BCUT2D eigenvalue weighted by Gasteiger charge is 2.11. The number of aliphatic imine (C=N–C) groups is 1. The lowest BCUT2D eigenvalue weighted by Crippen LogP contribution is -2.38. The van der Waals surface area contributed by atoms with Crippen LogP contribution in [0.3, 0.4) is 0 Å². The summed E-state index contributed by atoms with van der Waals surface area (Å²) in [6, 6.07) is 27.4. The molecule has 4 rings (SSSR count). The average Bonchev–Trinajstić information content (AvgIpc) is 2.86. The number of hydrogen-bond acceptors (Lipinski definition) is 4. The van der Waals surface area contributed by atoms with Crippen molar-refractivity contribution >= 4 is 41.1 Å². The third kappa shape index (κ3) is 6.27. The number of aromatic nitrogens is 1. The van der Waals surface area contributed by atoms with Gasteiger partial charge in [0.15, 0.2) is 0 Å². The Morgan fingerprint density at radius 1 is 0.879 bits per heavy atom. The van der Waals surface area contributed by atoms with E-state index >= 15 is 0 Å². The van der Waals surface area contributed by atoms with E-state index in [0.717, 1.165) is 32.8 Å². The number of hydrazine groups is 1. The van der Waals surface area contributed by atoms with Gasteiger partial charge in [0, 0.05) is 32.3 Å². The number of nitrogens with one attached hydrogen (secondary N) is 2. The number of guanidine groups is 1. The minimum Gasteiger partial charge on any atom is -0.295 e. The lowest BCUT2D eigenvalue weighted by molar-refractivity contribution is 0.941. The summed E-state index contributed by atoms with van der Waals surface area (Å²) in [7, 11) is 0. The normalized spacial score (nSPS) is 11.3. The summed E-state index contributed by atoms with van der Waals surface area (Å²) < 4.78 is 3.13. The number of hydrogen-bond donors (Lipinski definition) is 3. The second-order valence-corrected chi connectivity index (χ2v) is 8.83. The third-order valence-corrected chi connectivity index (χ3v) is 6.09. The van der Waals surface area contributed by atoms with Gasteiger partial charge in [-0.1, -0.05) is 65.7 Å². The number of nitrogens with zero attached hydrogens (tertiary/aromatic N) is 2. The molecule has 0 fully saturated rings. The predicted molar refractivity (Wildman–Crippen MR) is 139 cm³/mol. The molecule has 0 aliphatic carbocycles. The molecule has 0 unspecified atom stereocenters. The molecule has 0 bridgehead atoms. The zero-order valence-corrected chi connectivity index (χ0v) is 19.8. The first-order valence-electron chi connectivity index (χ1n) is 10.1. The Bertz CT molecular complexity index is 1230. The van der Waals surface area contributed by atoms with Crippen LogP contribution in [0.25, 0.3) is 22.4 Å². The van der Waals surface area contributed by atoms with Crippen molar-refractivity contribution in [2.75, 3.05) is 0 Å². The molecule has 1 aromatic heterocycles. The van der Waals surface area contributed by atoms with Crippen LogP contribution in [0.1, 0.15) is 5.56 Å². The van der Waals surface area contributed by atoms with Crippen molar-refractivity contribution in [1.82, 2.24) is 15.1 Å². The maximum absolute atomic E-state index is 6.10. The molecule has 0 spiro atoms. The standard InChI is InChI=1S/C25H21Cl2N5S/c26-20-10-6-18(7-11-20)23-14-17(15-29-24(23)19-8-12-21(27)13-9-19)16-30-25(31-28)32-33-22-4-2-1-3-5-22/h1-15H,16,28H2,(H2,30,31,32). The molecule has 4 aromatic rings. The highest BCUT2D eigenvalue weighted by atomic mass is 35.5. The Hall–Kier alpha value is -3.03. The molecule has 166 valence electrons. The molecule has 0 aliphatic heterocycles. The summed E-state index contributed by atoms with van der Waals surface area (Å²) in [5.74, 6) is 6.12. The van der Waals surface area contributed by atoms with Gasteiger partial charge in [-0.3, -0.25) is 15.1 Å². The van der Waals surface area contributed by atoms with Crippen molar-refractivity contribution in [2.45, 2.75) is 11.4 Å². The first-order chi connectivity index (χ1) is 16.1. The van der Waals surface area contributed by atoms with Crippen LogP contribution in [0.15, 0.2) is 101 Å². The van der Waals surface area contributed by atoms with E-state index in [4.69, 9.17) is 34.0 Å². The van der Waals surface area contributed by atoms with Crippen molar-refractivity contribution < 1.29 is 0 Å². The topological polar surface area (TPSA) is 75.3 Å². The smallest absolute Gasteiger partial charge is 0.216 e. The summed E-state index contributed by atoms with van der Waals surface area (Å²) >= 11 is 13.6. The molecule has 0 atom stereocenters. The van der Waals surface area contributed by atoms with E-state index < -0.39 is 0 Å². The van der Waals surface area contributed by atoms with Crippen LogP contribution in [-0.2, 0) is 6.54 Å². The van der Waals surface area contributed by atoms with Gasteiger partial charge >= 0.3 is 0 Å². The average molecular weight is 494 g/mol. The number of rotatable bonds is 6. The number of nitrogens with two attached hydrogens (primary N) is 1. The van der Waals surface area contributed by atoms with E-state index in [1.165, 1.54) is 11.9 Å². The maximum Gasteiger partial charge on any atom is 0.216 e. The quantitative estimate of drug-likeness (QED) is 0.0959. The zero-order chi connectivity index (χ0) is 23.0. The maximum atomic E-state index is 6.10. The molecule has 1 heterocycles. The van der Waals surface area contributed by atoms with Crippen LogP contribution >= 0.6 is 35.1 Å². The van der Waals surface area contributed by atoms with Crippen LogP contribution in [0, 0.1) is 0 Å². The number of halogens is 2. The molecule has 3 aromatic carbocycles. The molecule has 5 nitrogen and oxygen atoms in total. The molecule has 4 N–H and O–H groups in total. The second kappa shape index (κ2) is 11.2. The molecule has 0 saturated heterocycles. The van der Waals surface area contributed by atoms with Gasteiger partial charge < -0.3 is 0 Å². The van der Waals surface area contributed by atoms with Gasteiger partial charge in [-0.15, -0.1) is 0 Å². The summed E-state index contributed by atoms with van der Waals surface area (Å²) in [4.78, 5) is 10.4. The molecular formula is C25H21Cl2N5S. The van der Waals surface area contributed by atoms with Gasteiger partial charge in [0.2, 0.25) is 5.96 Å². The van der Waals surface area contributed by atoms with E-state index in [-0.39, 0.29) is 0 Å². The fourth-order valence-electron chi connectivity index (χ4n) is 3.16. The van der Waals surface area contributed by atoms with Crippen LogP contribution in [-0.4, -0.2) is 10.9 Å². The van der Waals surface area contributed by atoms with Crippen LogP contribution in [0.4, 0.5) is 0 Å². The van der Waals surface area contributed by atoms with E-state index in [2.05, 4.69) is 21.2 Å². The van der Waals surface area contributed by atoms with Gasteiger partial charge in [0.05, 0.1) is 12.2 Å². The predicted octanol–water partition coefficient (Wildman–Crippen LogP) is 6.34. The first kappa shape index (κ1) is 23.1. The lowest BCUT2D eigenvalue weighted by Gasteiger charge is -2.12. The van der Waals surface area contributed by atoms with Gasteiger partial charge in [-0.05, 0) is 65.5 Å². The zero-order valence-electron chi connectivity index (χ0n) is 17.5. The second-order valence-electron chi connectivity index (χ2n) is 7.08. The molecule has 0 radical (unpaired) electrons. The first-order valence-corrected chi connectivity index (χ1v) is 11.7. The highest BCUT2D eigenvalue weighted by molar-refractivity contribution is 7.98. The Morgan fingerprint density at radius 3 is 2.15 bits per heavy atom. The fraction of sp³-hybridized carbons (Fsp3) is 0.0400. The van der Waals surface area contributed by atoms with Crippen LogP contribution in [0.5, 0.6) is 0 Å². The Balaban J connectivity index is 1.60. The van der Waals surface area contributed by atoms with Crippen molar-refractivity contribution in [2.24, 2.45) is 10.8 Å². The van der Waals surface area contributed by atoms with Crippen LogP contribution < -0.4 is 16.0 Å². The monoisotopic (exact) mass is 493 g/mol. The van der Waals surface area contributed by atoms with E-state index in [1.54, 1.807) is 0 Å². The number of benzene rings is 3. The highest BCUT2D eigenvalue weighted by Crippen LogP contribution is 2.32. The van der Waals surface area contributed by atoms with Gasteiger partial charge in [0.25, 0.3) is 0 Å². The minimum atomic E-state index is 0.399. The van der Waals surface area contributed by atoms with Gasteiger partial charge in [-0.2, -0.15) is 0 Å². The summed E-state index contributed by atoms with van der Waals surface area (Å²) in [6.45, 7) is 0.399. The SMILES string of the molecule is NNC(=NCc1cnc(-c2ccc(Cl)cc2)c(-c2ccc(Cl)cc2)c1)NSc1ccccc1. The van der Waals surface area contributed by atoms with Crippen LogP contribution in [0.2, 0.25) is 10.0 Å². The van der Waals surface area contributed by atoms with Crippen molar-refractivity contribution in [1.29, 1.82) is 0 Å². The fourth-order valence-corrected chi connectivity index (χ4v) is 4.04. The number of pyridine rings is 1. The largest absolute Gasteiger partial charge is 0.295 e. The molecule has 8 heteroatoms. The van der Waals surface area contributed by atoms with Crippen molar-refractivity contribution in [3.05, 3.63) is 107 Å². The molecule has 33 heavy (non-hydrogen) atoms. The van der Waals surface area contributed by atoms with E-state index in [0.29, 0.717) is 22.5 Å². The lowest BCUT2D eigenvalue weighted by atomic mass is 9.98. The molecular weight excluding hydrogens is 473 g/mol. The molecule has 0 saturated carbocycles. The van der Waals surface area contributed by atoms with E-state index in [9.17, 15) is 0 Å². The Morgan fingerprint density at radius 2 is 1.52 bits per heavy atom. The van der Waals surface area contributed by atoms with Gasteiger partial charge in [-0.25, -0.2) is 10.8 Å². The molecule has 0 aliphatic rings. The Labute approximate surface area is 207 Å². The summed E-state index contributed by atoms with van der Waals surface area (Å²) in [5, 5.41) is 1.36. The van der Waals surface area contributed by atoms with E-state index in [1.807, 2.05) is 85.1 Å². The third-order valence-electron chi connectivity index (χ3n) is 4.78. The molecule has 0 amide bonds. The minimum absolute atomic E-state index is 0.399. The Kier molecular flexibility index (Phi) is 7.86. The summed E-state index contributed by atoms with van der Waals surface area (Å²) in [6.07, 6.45) is 1.82.